The van der Waals surface area contributed by atoms with Crippen LogP contribution in [0, 0.1) is 5.82 Å². The number of likely N-dealkylation sites (N-methyl/N-ethyl adjacent to an activating group) is 1. The van der Waals surface area contributed by atoms with Crippen LogP contribution in [0.3, 0.4) is 0 Å². The molecule has 0 amide bonds. The van der Waals surface area contributed by atoms with Crippen molar-refractivity contribution in [3.8, 4) is 16.9 Å². The molecule has 1 saturated heterocycles. The van der Waals surface area contributed by atoms with Crippen molar-refractivity contribution in [2.45, 2.75) is 19.3 Å². The number of alkyl halides is 6. The summed E-state index contributed by atoms with van der Waals surface area (Å²) in [5, 5.41) is 13.7. The third-order valence-electron chi connectivity index (χ3n) is 6.39. The molecule has 44 heavy (non-hydrogen) atoms. The number of nitrogens with zero attached hydrogens (tertiary/aromatic N) is 7. The third-order valence-corrected chi connectivity index (χ3v) is 6.39. The number of hydrogen-bond acceptors (Lipinski definition) is 8. The Morgan fingerprint density at radius 3 is 2.16 bits per heavy atom. The van der Waals surface area contributed by atoms with Gasteiger partial charge in [-0.05, 0) is 55.1 Å². The number of rotatable bonds is 6. The Bertz CT molecular complexity index is 1570. The highest BCUT2D eigenvalue weighted by Gasteiger charge is 2.38. The minimum atomic E-state index is -5.08. The van der Waals surface area contributed by atoms with Crippen molar-refractivity contribution in [1.82, 2.24) is 29.6 Å². The van der Waals surface area contributed by atoms with Crippen molar-refractivity contribution in [3.63, 3.8) is 0 Å². The Morgan fingerprint density at radius 2 is 1.59 bits per heavy atom. The van der Waals surface area contributed by atoms with Crippen LogP contribution in [0.1, 0.15) is 12.7 Å². The zero-order valence-electron chi connectivity index (χ0n) is 22.9. The summed E-state index contributed by atoms with van der Waals surface area (Å²) in [5.41, 5.74) is 3.04. The fraction of sp³-hybridized carbons (Fsp3) is 0.296. The Labute approximate surface area is 245 Å². The molecule has 10 nitrogen and oxygen atoms in total. The Morgan fingerprint density at radius 1 is 0.932 bits per heavy atom. The van der Waals surface area contributed by atoms with Gasteiger partial charge in [-0.25, -0.2) is 28.8 Å². The molecule has 0 radical (unpaired) electrons. The van der Waals surface area contributed by atoms with Gasteiger partial charge in [0.2, 0.25) is 5.95 Å². The van der Waals surface area contributed by atoms with Gasteiger partial charge in [0.15, 0.2) is 0 Å². The molecule has 2 N–H and O–H groups in total. The number of aliphatic carboxylic acids is 1. The van der Waals surface area contributed by atoms with Gasteiger partial charge in [0.25, 0.3) is 5.82 Å². The summed E-state index contributed by atoms with van der Waals surface area (Å²) in [7, 11) is 0. The van der Waals surface area contributed by atoms with E-state index < -0.39 is 24.1 Å². The van der Waals surface area contributed by atoms with Gasteiger partial charge >= 0.3 is 18.3 Å². The number of benzene rings is 2. The summed E-state index contributed by atoms with van der Waals surface area (Å²) in [4.78, 5) is 25.5. The first kappa shape index (κ1) is 32.1. The number of aromatic nitrogens is 5. The molecule has 1 aliphatic heterocycles. The summed E-state index contributed by atoms with van der Waals surface area (Å²) in [6, 6.07) is 13.1. The average Bonchev–Trinajstić information content (AvgIpc) is 3.49. The summed E-state index contributed by atoms with van der Waals surface area (Å²) in [6.45, 7) is 6.66. The highest BCUT2D eigenvalue weighted by atomic mass is 19.4. The van der Waals surface area contributed by atoms with Crippen molar-refractivity contribution in [2.24, 2.45) is 0 Å². The maximum atomic E-state index is 14.5. The molecule has 0 bridgehead atoms. The first-order chi connectivity index (χ1) is 20.7. The molecule has 4 aromatic rings. The lowest BCUT2D eigenvalue weighted by molar-refractivity contribution is -0.192. The Hall–Kier alpha value is -4.80. The van der Waals surface area contributed by atoms with Crippen LogP contribution >= 0.6 is 0 Å². The van der Waals surface area contributed by atoms with Crippen LogP contribution in [0.2, 0.25) is 0 Å². The van der Waals surface area contributed by atoms with E-state index in [-0.39, 0.29) is 5.82 Å². The Kier molecular flexibility index (Phi) is 9.66. The summed E-state index contributed by atoms with van der Waals surface area (Å²) >= 11 is 0. The number of piperazine rings is 1. The maximum absolute atomic E-state index is 14.5. The van der Waals surface area contributed by atoms with Crippen molar-refractivity contribution >= 4 is 23.3 Å². The van der Waals surface area contributed by atoms with Gasteiger partial charge in [-0.3, -0.25) is 0 Å². The van der Waals surface area contributed by atoms with Crippen LogP contribution in [-0.4, -0.2) is 79.6 Å². The maximum Gasteiger partial charge on any atom is 0.490 e. The van der Waals surface area contributed by atoms with Crippen molar-refractivity contribution < 1.29 is 40.6 Å². The lowest BCUT2D eigenvalue weighted by atomic mass is 10.1. The van der Waals surface area contributed by atoms with Gasteiger partial charge < -0.3 is 20.2 Å². The quantitative estimate of drug-likeness (QED) is 0.272. The second-order valence-corrected chi connectivity index (χ2v) is 9.37. The first-order valence-electron chi connectivity index (χ1n) is 13.0. The van der Waals surface area contributed by atoms with Crippen LogP contribution in [0.25, 0.3) is 16.9 Å². The van der Waals surface area contributed by atoms with Gasteiger partial charge in [0.1, 0.15) is 12.1 Å². The molecule has 2 aromatic heterocycles. The van der Waals surface area contributed by atoms with Crippen molar-refractivity contribution in [3.05, 3.63) is 72.7 Å². The highest BCUT2D eigenvalue weighted by molar-refractivity contribution is 5.73. The van der Waals surface area contributed by atoms with Crippen LogP contribution in [0.4, 0.5) is 48.1 Å². The van der Waals surface area contributed by atoms with Crippen molar-refractivity contribution in [1.29, 1.82) is 0 Å². The third kappa shape index (κ3) is 8.40. The van der Waals surface area contributed by atoms with E-state index >= 15 is 0 Å². The lowest BCUT2D eigenvalue weighted by Gasteiger charge is -2.35. The number of carbonyl (C=O) groups is 1. The Balaban J connectivity index is 0.000000566. The molecular formula is C27H25F7N8O2. The monoisotopic (exact) mass is 626 g/mol. The topological polar surface area (TPSA) is 112 Å². The molecule has 0 aliphatic carbocycles. The predicted molar refractivity (Wildman–Crippen MR) is 145 cm³/mol. The van der Waals surface area contributed by atoms with Gasteiger partial charge in [-0.2, -0.15) is 26.3 Å². The SMILES string of the molecule is CCN1CCN(c2cc(F)cc(-c3ccnc(Nc4ccc(-n5cnc(C(F)(F)F)n5)cc4)n3)c2)CC1.O=C(O)C(F)(F)F. The van der Waals surface area contributed by atoms with E-state index in [1.165, 1.54) is 6.07 Å². The highest BCUT2D eigenvalue weighted by Crippen LogP contribution is 2.28. The van der Waals surface area contributed by atoms with Crippen LogP contribution in [-0.2, 0) is 11.0 Å². The number of anilines is 3. The number of carboxylic acid groups (broad SMARTS) is 1. The minimum Gasteiger partial charge on any atom is -0.475 e. The lowest BCUT2D eigenvalue weighted by Crippen LogP contribution is -2.46. The predicted octanol–water partition coefficient (Wildman–Crippen LogP) is 5.40. The molecule has 1 fully saturated rings. The average molecular weight is 627 g/mol. The molecule has 17 heteroatoms. The second-order valence-electron chi connectivity index (χ2n) is 9.37. The molecule has 5 rings (SSSR count). The van der Waals surface area contributed by atoms with Crippen molar-refractivity contribution in [2.75, 3.05) is 42.9 Å². The molecule has 3 heterocycles. The standard InChI is InChI=1S/C25H24F4N8.C2HF3O2/c1-2-35-9-11-36(12-10-35)21-14-17(13-18(26)15-21)22-7-8-30-24(33-22)32-19-3-5-20(6-4-19)37-16-31-23(34-37)25(27,28)29;3-2(4,5)1(6)7/h3-8,13-16H,2,9-12H2,1H3,(H,30,32,33);(H,6,7). The zero-order valence-corrected chi connectivity index (χ0v) is 22.9. The van der Waals surface area contributed by atoms with E-state index in [1.54, 1.807) is 42.6 Å². The first-order valence-corrected chi connectivity index (χ1v) is 13.0. The van der Waals surface area contributed by atoms with Crippen LogP contribution < -0.4 is 10.2 Å². The molecule has 0 spiro atoms. The number of carboxylic acids is 1. The largest absolute Gasteiger partial charge is 0.490 e. The zero-order chi connectivity index (χ0) is 32.1. The summed E-state index contributed by atoms with van der Waals surface area (Å²) < 4.78 is 85.6. The van der Waals surface area contributed by atoms with Crippen LogP contribution in [0.15, 0.2) is 61.1 Å². The molecule has 0 atom stereocenters. The van der Waals surface area contributed by atoms with E-state index in [9.17, 15) is 30.7 Å². The molecule has 234 valence electrons. The second kappa shape index (κ2) is 13.2. The van der Waals surface area contributed by atoms with Gasteiger partial charge in [-0.15, -0.1) is 5.10 Å². The van der Waals surface area contributed by atoms with Crippen LogP contribution in [0.5, 0.6) is 0 Å². The molecule has 1 aliphatic rings. The number of halogens is 7. The van der Waals surface area contributed by atoms with E-state index in [1.807, 2.05) is 6.07 Å². The van der Waals surface area contributed by atoms with Gasteiger partial charge in [-0.1, -0.05) is 6.92 Å². The van der Waals surface area contributed by atoms with E-state index in [2.05, 4.69) is 42.1 Å². The summed E-state index contributed by atoms with van der Waals surface area (Å²) in [5.74, 6) is -4.00. The normalized spacial score (nSPS) is 14.1. The van der Waals surface area contributed by atoms with E-state index in [4.69, 9.17) is 9.90 Å². The van der Waals surface area contributed by atoms with Gasteiger partial charge in [0, 0.05) is 49.3 Å². The van der Waals surface area contributed by atoms with E-state index in [0.29, 0.717) is 28.6 Å². The molecule has 0 saturated carbocycles. The summed E-state index contributed by atoms with van der Waals surface area (Å²) in [6.07, 6.45) is -7.10. The molecule has 2 aromatic carbocycles. The van der Waals surface area contributed by atoms with Gasteiger partial charge in [0.05, 0.1) is 11.4 Å². The smallest absolute Gasteiger partial charge is 0.475 e. The van der Waals surface area contributed by atoms with E-state index in [0.717, 1.165) is 49.4 Å². The minimum absolute atomic E-state index is 0.299. The fourth-order valence-corrected chi connectivity index (χ4v) is 4.15. The number of nitrogens with one attached hydrogen (secondary N) is 1. The number of hydrogen-bond donors (Lipinski definition) is 2. The fourth-order valence-electron chi connectivity index (χ4n) is 4.15. The molecule has 0 unspecified atom stereocenters. The molecular weight excluding hydrogens is 601 g/mol.